The summed E-state index contributed by atoms with van der Waals surface area (Å²) in [6.45, 7) is 11.4. The number of rotatable bonds is 9. The third kappa shape index (κ3) is 4.74. The Bertz CT molecular complexity index is 394. The van der Waals surface area contributed by atoms with E-state index in [0.717, 1.165) is 50.4 Å². The average Bonchev–Trinajstić information content (AvgIpc) is 2.48. The Labute approximate surface area is 131 Å². The highest BCUT2D eigenvalue weighted by Gasteiger charge is 2.14. The minimum atomic E-state index is -0.119. The molecule has 0 amide bonds. The molecule has 2 nitrogen and oxygen atoms in total. The molecule has 0 aliphatic heterocycles. The first-order valence-corrected chi connectivity index (χ1v) is 8.60. The summed E-state index contributed by atoms with van der Waals surface area (Å²) in [5, 5.41) is 0.687. The predicted octanol–water partition coefficient (Wildman–Crippen LogP) is 4.28. The van der Waals surface area contributed by atoms with Crippen LogP contribution in [-0.4, -0.2) is 37.6 Å². The minimum Gasteiger partial charge on any atom is -0.369 e. The molecule has 4 heteroatoms. The van der Waals surface area contributed by atoms with Crippen LogP contribution in [0.2, 0.25) is 0 Å². The van der Waals surface area contributed by atoms with E-state index in [1.54, 1.807) is 12.1 Å². The first-order valence-electron chi connectivity index (χ1n) is 7.48. The molecule has 0 unspecified atom stereocenters. The monoisotopic (exact) mass is 344 g/mol. The van der Waals surface area contributed by atoms with Crippen molar-refractivity contribution in [1.82, 2.24) is 4.90 Å². The summed E-state index contributed by atoms with van der Waals surface area (Å²) in [6.07, 6.45) is 1.06. The van der Waals surface area contributed by atoms with E-state index < -0.39 is 0 Å². The van der Waals surface area contributed by atoms with Gasteiger partial charge in [-0.15, -0.1) is 0 Å². The molecule has 1 aromatic rings. The van der Waals surface area contributed by atoms with E-state index in [0.29, 0.717) is 5.33 Å². The molecule has 0 saturated heterocycles. The molecule has 114 valence electrons. The zero-order chi connectivity index (χ0) is 15.0. The second-order valence-electron chi connectivity index (χ2n) is 4.84. The standard InChI is InChI=1S/C16H26BrFN2/c1-4-19(5-2)11-8-12-20(6-3)16-14(13-17)9-7-10-15(16)18/h7,9-10H,4-6,8,11-13H2,1-3H3. The Morgan fingerprint density at radius 3 is 2.30 bits per heavy atom. The molecule has 0 spiro atoms. The third-order valence-electron chi connectivity index (χ3n) is 3.71. The van der Waals surface area contributed by atoms with Gasteiger partial charge in [-0.25, -0.2) is 4.39 Å². The molecule has 0 atom stereocenters. The number of benzene rings is 1. The van der Waals surface area contributed by atoms with Crippen LogP contribution in [0.5, 0.6) is 0 Å². The van der Waals surface area contributed by atoms with E-state index in [2.05, 4.69) is 46.5 Å². The van der Waals surface area contributed by atoms with Crippen molar-refractivity contribution >= 4 is 21.6 Å². The van der Waals surface area contributed by atoms with Crippen LogP contribution in [0.15, 0.2) is 18.2 Å². The summed E-state index contributed by atoms with van der Waals surface area (Å²) in [6, 6.07) is 5.31. The van der Waals surface area contributed by atoms with Crippen LogP contribution in [0, 0.1) is 5.82 Å². The molecule has 0 bridgehead atoms. The number of para-hydroxylation sites is 1. The highest BCUT2D eigenvalue weighted by molar-refractivity contribution is 9.08. The van der Waals surface area contributed by atoms with Gasteiger partial charge >= 0.3 is 0 Å². The fourth-order valence-corrected chi connectivity index (χ4v) is 2.93. The molecule has 0 fully saturated rings. The lowest BCUT2D eigenvalue weighted by molar-refractivity contribution is 0.300. The van der Waals surface area contributed by atoms with E-state index >= 15 is 0 Å². The third-order valence-corrected chi connectivity index (χ3v) is 4.31. The SMILES string of the molecule is CCN(CC)CCCN(CC)c1c(F)cccc1CBr. The zero-order valence-corrected chi connectivity index (χ0v) is 14.4. The Morgan fingerprint density at radius 2 is 1.75 bits per heavy atom. The van der Waals surface area contributed by atoms with Crippen molar-refractivity contribution in [3.63, 3.8) is 0 Å². The lowest BCUT2D eigenvalue weighted by atomic mass is 10.1. The number of nitrogens with zero attached hydrogens (tertiary/aromatic N) is 2. The summed E-state index contributed by atoms with van der Waals surface area (Å²) in [7, 11) is 0. The van der Waals surface area contributed by atoms with E-state index in [-0.39, 0.29) is 5.82 Å². The second-order valence-corrected chi connectivity index (χ2v) is 5.40. The smallest absolute Gasteiger partial charge is 0.146 e. The minimum absolute atomic E-state index is 0.119. The number of hydrogen-bond donors (Lipinski definition) is 0. The predicted molar refractivity (Wildman–Crippen MR) is 89.3 cm³/mol. The van der Waals surface area contributed by atoms with Crippen LogP contribution in [-0.2, 0) is 5.33 Å². The van der Waals surface area contributed by atoms with Crippen LogP contribution < -0.4 is 4.90 Å². The molecule has 20 heavy (non-hydrogen) atoms. The largest absolute Gasteiger partial charge is 0.369 e. The Balaban J connectivity index is 2.71. The number of halogens is 2. The normalized spacial score (nSPS) is 11.1. The Morgan fingerprint density at radius 1 is 1.05 bits per heavy atom. The Hall–Kier alpha value is -0.610. The van der Waals surface area contributed by atoms with Crippen molar-refractivity contribution in [2.75, 3.05) is 37.6 Å². The molecule has 0 radical (unpaired) electrons. The average molecular weight is 345 g/mol. The first kappa shape index (κ1) is 17.4. The quantitative estimate of drug-likeness (QED) is 0.617. The molecule has 1 aromatic carbocycles. The van der Waals surface area contributed by atoms with Crippen LogP contribution in [0.4, 0.5) is 10.1 Å². The van der Waals surface area contributed by atoms with Crippen LogP contribution in [0.1, 0.15) is 32.8 Å². The van der Waals surface area contributed by atoms with E-state index in [4.69, 9.17) is 0 Å². The maximum absolute atomic E-state index is 14.1. The molecule has 0 aliphatic rings. The highest BCUT2D eigenvalue weighted by atomic mass is 79.9. The Kier molecular flexibility index (Phi) is 8.15. The summed E-state index contributed by atoms with van der Waals surface area (Å²) in [4.78, 5) is 4.55. The van der Waals surface area contributed by atoms with Crippen molar-refractivity contribution in [1.29, 1.82) is 0 Å². The molecule has 1 rings (SSSR count). The maximum Gasteiger partial charge on any atom is 0.146 e. The number of anilines is 1. The van der Waals surface area contributed by atoms with E-state index in [9.17, 15) is 4.39 Å². The molecular formula is C16H26BrFN2. The van der Waals surface area contributed by atoms with Crippen LogP contribution >= 0.6 is 15.9 Å². The van der Waals surface area contributed by atoms with Gasteiger partial charge in [0.05, 0.1) is 5.69 Å². The molecule has 0 aromatic heterocycles. The zero-order valence-electron chi connectivity index (χ0n) is 12.8. The lowest BCUT2D eigenvalue weighted by Gasteiger charge is -2.27. The fourth-order valence-electron chi connectivity index (χ4n) is 2.48. The van der Waals surface area contributed by atoms with Crippen molar-refractivity contribution < 1.29 is 4.39 Å². The summed E-state index contributed by atoms with van der Waals surface area (Å²) in [5.74, 6) is -0.119. The topological polar surface area (TPSA) is 6.48 Å². The summed E-state index contributed by atoms with van der Waals surface area (Å²) < 4.78 is 14.1. The molecular weight excluding hydrogens is 319 g/mol. The second kappa shape index (κ2) is 9.35. The van der Waals surface area contributed by atoms with E-state index in [1.807, 2.05) is 6.07 Å². The maximum atomic E-state index is 14.1. The van der Waals surface area contributed by atoms with Crippen LogP contribution in [0.25, 0.3) is 0 Å². The molecule has 0 N–H and O–H groups in total. The van der Waals surface area contributed by atoms with Gasteiger partial charge in [0.15, 0.2) is 0 Å². The molecule has 0 aliphatic carbocycles. The lowest BCUT2D eigenvalue weighted by Crippen LogP contribution is -2.31. The van der Waals surface area contributed by atoms with Crippen LogP contribution in [0.3, 0.4) is 0 Å². The van der Waals surface area contributed by atoms with Gasteiger partial charge in [-0.05, 0) is 44.6 Å². The van der Waals surface area contributed by atoms with Crippen molar-refractivity contribution in [3.8, 4) is 0 Å². The van der Waals surface area contributed by atoms with Crippen molar-refractivity contribution in [2.45, 2.75) is 32.5 Å². The van der Waals surface area contributed by atoms with Gasteiger partial charge in [-0.1, -0.05) is 41.9 Å². The highest BCUT2D eigenvalue weighted by Crippen LogP contribution is 2.26. The number of hydrogen-bond acceptors (Lipinski definition) is 2. The fraction of sp³-hybridized carbons (Fsp3) is 0.625. The van der Waals surface area contributed by atoms with Gasteiger partial charge in [0, 0.05) is 18.4 Å². The van der Waals surface area contributed by atoms with Gasteiger partial charge < -0.3 is 9.80 Å². The van der Waals surface area contributed by atoms with Gasteiger partial charge in [0.25, 0.3) is 0 Å². The molecule has 0 heterocycles. The van der Waals surface area contributed by atoms with Gasteiger partial charge in [0.1, 0.15) is 5.82 Å². The molecule has 0 saturated carbocycles. The number of alkyl halides is 1. The summed E-state index contributed by atoms with van der Waals surface area (Å²) >= 11 is 3.45. The van der Waals surface area contributed by atoms with Crippen molar-refractivity contribution in [2.24, 2.45) is 0 Å². The van der Waals surface area contributed by atoms with Crippen molar-refractivity contribution in [3.05, 3.63) is 29.6 Å². The summed E-state index contributed by atoms with van der Waals surface area (Å²) in [5.41, 5.74) is 1.78. The van der Waals surface area contributed by atoms with E-state index in [1.165, 1.54) is 0 Å². The van der Waals surface area contributed by atoms with Gasteiger partial charge in [0.2, 0.25) is 0 Å². The van der Waals surface area contributed by atoms with Gasteiger partial charge in [-0.3, -0.25) is 0 Å². The van der Waals surface area contributed by atoms with Gasteiger partial charge in [-0.2, -0.15) is 0 Å². The first-order chi connectivity index (χ1) is 9.67.